The van der Waals surface area contributed by atoms with Gasteiger partial charge in [0.15, 0.2) is 5.69 Å². The van der Waals surface area contributed by atoms with Crippen LogP contribution < -0.4 is 5.32 Å². The van der Waals surface area contributed by atoms with E-state index in [0.29, 0.717) is 11.7 Å². The van der Waals surface area contributed by atoms with E-state index in [9.17, 15) is 4.79 Å². The van der Waals surface area contributed by atoms with Gasteiger partial charge in [0, 0.05) is 5.54 Å². The summed E-state index contributed by atoms with van der Waals surface area (Å²) < 4.78 is 0. The summed E-state index contributed by atoms with van der Waals surface area (Å²) in [4.78, 5) is 10.6. The molecule has 5 heteroatoms. The highest BCUT2D eigenvalue weighted by molar-refractivity contribution is 5.85. The fraction of sp³-hybridized carbons (Fsp3) is 0.545. The van der Waals surface area contributed by atoms with Crippen molar-refractivity contribution in [2.75, 3.05) is 5.32 Å². The molecule has 2 N–H and O–H groups in total. The first-order chi connectivity index (χ1) is 7.49. The average molecular weight is 221 g/mol. The van der Waals surface area contributed by atoms with Crippen LogP contribution in [0.3, 0.4) is 0 Å². The van der Waals surface area contributed by atoms with Crippen LogP contribution in [0.2, 0.25) is 0 Å². The fourth-order valence-electron chi connectivity index (χ4n) is 1.75. The summed E-state index contributed by atoms with van der Waals surface area (Å²) in [5, 5.41) is 19.4. The molecular weight excluding hydrogens is 206 g/mol. The van der Waals surface area contributed by atoms with E-state index in [-0.39, 0.29) is 11.2 Å². The fourth-order valence-corrected chi connectivity index (χ4v) is 1.75. The van der Waals surface area contributed by atoms with Crippen LogP contribution in [0.25, 0.3) is 0 Å². The van der Waals surface area contributed by atoms with Crippen LogP contribution in [0.4, 0.5) is 5.82 Å². The largest absolute Gasteiger partial charge is 0.476 e. The Hall–Kier alpha value is -1.65. The Kier molecular flexibility index (Phi) is 2.53. The molecule has 16 heavy (non-hydrogen) atoms. The van der Waals surface area contributed by atoms with Gasteiger partial charge in [-0.2, -0.15) is 0 Å². The Labute approximate surface area is 93.9 Å². The minimum Gasteiger partial charge on any atom is -0.476 e. The van der Waals surface area contributed by atoms with E-state index in [1.54, 1.807) is 6.07 Å². The lowest BCUT2D eigenvalue weighted by molar-refractivity contribution is 0.0689. The third kappa shape index (κ3) is 2.29. The predicted octanol–water partition coefficient (Wildman–Crippen LogP) is 1.78. The van der Waals surface area contributed by atoms with Crippen molar-refractivity contribution in [1.82, 2.24) is 10.2 Å². The molecule has 2 rings (SSSR count). The number of rotatable bonds is 4. The second-order valence-electron chi connectivity index (χ2n) is 4.73. The van der Waals surface area contributed by atoms with Crippen LogP contribution in [0.1, 0.15) is 37.2 Å². The number of anilines is 1. The number of carbonyl (C=O) groups is 1. The molecule has 0 spiro atoms. The molecule has 1 heterocycles. The number of hydrogen-bond acceptors (Lipinski definition) is 4. The van der Waals surface area contributed by atoms with E-state index >= 15 is 0 Å². The molecule has 1 fully saturated rings. The van der Waals surface area contributed by atoms with Crippen molar-refractivity contribution in [3.8, 4) is 0 Å². The first kappa shape index (κ1) is 10.9. The summed E-state index contributed by atoms with van der Waals surface area (Å²) in [7, 11) is 0. The molecule has 1 aliphatic carbocycles. The van der Waals surface area contributed by atoms with E-state index in [1.165, 1.54) is 18.9 Å². The van der Waals surface area contributed by atoms with E-state index in [1.807, 2.05) is 0 Å². The van der Waals surface area contributed by atoms with Crippen molar-refractivity contribution in [1.29, 1.82) is 0 Å². The maximum Gasteiger partial charge on any atom is 0.356 e. The summed E-state index contributed by atoms with van der Waals surface area (Å²) in [6.45, 7) is 4.24. The Balaban J connectivity index is 2.07. The highest BCUT2D eigenvalue weighted by Crippen LogP contribution is 2.40. The van der Waals surface area contributed by atoms with E-state index in [0.717, 1.165) is 0 Å². The van der Waals surface area contributed by atoms with Crippen molar-refractivity contribution in [3.05, 3.63) is 17.8 Å². The number of aromatic nitrogens is 2. The minimum atomic E-state index is -1.06. The summed E-state index contributed by atoms with van der Waals surface area (Å²) in [6.07, 6.45) is 2.47. The Morgan fingerprint density at radius 2 is 2.12 bits per heavy atom. The van der Waals surface area contributed by atoms with Crippen molar-refractivity contribution < 1.29 is 9.90 Å². The molecule has 0 amide bonds. The lowest BCUT2D eigenvalue weighted by Gasteiger charge is -2.26. The number of carboxylic acid groups (broad SMARTS) is 1. The number of nitrogens with one attached hydrogen (secondary N) is 1. The van der Waals surface area contributed by atoms with Gasteiger partial charge in [0.25, 0.3) is 0 Å². The van der Waals surface area contributed by atoms with Gasteiger partial charge in [-0.15, -0.1) is 10.2 Å². The van der Waals surface area contributed by atoms with Crippen molar-refractivity contribution >= 4 is 11.8 Å². The van der Waals surface area contributed by atoms with E-state index in [4.69, 9.17) is 5.11 Å². The van der Waals surface area contributed by atoms with Gasteiger partial charge < -0.3 is 10.4 Å². The molecule has 86 valence electrons. The Morgan fingerprint density at radius 1 is 1.44 bits per heavy atom. The summed E-state index contributed by atoms with van der Waals surface area (Å²) in [6, 6.07) is 3.11. The molecule has 1 aliphatic rings. The Morgan fingerprint density at radius 3 is 2.56 bits per heavy atom. The molecule has 0 bridgehead atoms. The van der Waals surface area contributed by atoms with Gasteiger partial charge in [0.1, 0.15) is 5.82 Å². The van der Waals surface area contributed by atoms with Gasteiger partial charge in [0.2, 0.25) is 0 Å². The molecule has 0 atom stereocenters. The minimum absolute atomic E-state index is 0.000575. The number of carboxylic acids is 1. The molecule has 0 saturated heterocycles. The molecule has 1 aromatic heterocycles. The van der Waals surface area contributed by atoms with Crippen molar-refractivity contribution in [3.63, 3.8) is 0 Å². The standard InChI is InChI=1S/C11H15N3O2/c1-11(2,7-3-4-7)12-9-6-5-8(10(15)16)13-14-9/h5-7H,3-4H2,1-2H3,(H,12,14)(H,15,16). The van der Waals surface area contributed by atoms with Gasteiger partial charge in [0.05, 0.1) is 0 Å². The van der Waals surface area contributed by atoms with Crippen LogP contribution >= 0.6 is 0 Å². The third-order valence-corrected chi connectivity index (χ3v) is 2.93. The van der Waals surface area contributed by atoms with Gasteiger partial charge >= 0.3 is 5.97 Å². The lowest BCUT2D eigenvalue weighted by Crippen LogP contribution is -2.33. The van der Waals surface area contributed by atoms with Crippen LogP contribution in [0.15, 0.2) is 12.1 Å². The molecule has 0 aromatic carbocycles. The first-order valence-electron chi connectivity index (χ1n) is 5.34. The van der Waals surface area contributed by atoms with Gasteiger partial charge in [-0.3, -0.25) is 0 Å². The average Bonchev–Trinajstić information content (AvgIpc) is 3.01. The van der Waals surface area contributed by atoms with Crippen molar-refractivity contribution in [2.24, 2.45) is 5.92 Å². The molecule has 0 unspecified atom stereocenters. The summed E-state index contributed by atoms with van der Waals surface area (Å²) in [5.41, 5.74) is -0.0332. The first-order valence-corrected chi connectivity index (χ1v) is 5.34. The molecular formula is C11H15N3O2. The Bertz CT molecular complexity index is 396. The molecule has 1 aromatic rings. The smallest absolute Gasteiger partial charge is 0.356 e. The maximum absolute atomic E-state index is 10.6. The maximum atomic E-state index is 10.6. The molecule has 5 nitrogen and oxygen atoms in total. The summed E-state index contributed by atoms with van der Waals surface area (Å²) in [5.74, 6) is 0.246. The van der Waals surface area contributed by atoms with E-state index in [2.05, 4.69) is 29.4 Å². The molecule has 0 aliphatic heterocycles. The second kappa shape index (κ2) is 3.73. The number of hydrogen-bond donors (Lipinski definition) is 2. The zero-order valence-electron chi connectivity index (χ0n) is 9.40. The zero-order chi connectivity index (χ0) is 11.8. The summed E-state index contributed by atoms with van der Waals surface area (Å²) >= 11 is 0. The topological polar surface area (TPSA) is 75.1 Å². The third-order valence-electron chi connectivity index (χ3n) is 2.93. The highest BCUT2D eigenvalue weighted by atomic mass is 16.4. The quantitative estimate of drug-likeness (QED) is 0.810. The van der Waals surface area contributed by atoms with Gasteiger partial charge in [-0.05, 0) is 44.7 Å². The van der Waals surface area contributed by atoms with Crippen LogP contribution in [0.5, 0.6) is 0 Å². The monoisotopic (exact) mass is 221 g/mol. The normalized spacial score (nSPS) is 15.9. The predicted molar refractivity (Wildman–Crippen MR) is 59.4 cm³/mol. The lowest BCUT2D eigenvalue weighted by atomic mass is 9.99. The number of aromatic carboxylic acids is 1. The van der Waals surface area contributed by atoms with Crippen molar-refractivity contribution in [2.45, 2.75) is 32.2 Å². The zero-order valence-corrected chi connectivity index (χ0v) is 9.40. The SMILES string of the molecule is CC(C)(Nc1ccc(C(=O)O)nn1)C1CC1. The van der Waals surface area contributed by atoms with E-state index < -0.39 is 5.97 Å². The van der Waals surface area contributed by atoms with Gasteiger partial charge in [-0.25, -0.2) is 4.79 Å². The van der Waals surface area contributed by atoms with Gasteiger partial charge in [-0.1, -0.05) is 0 Å². The second-order valence-corrected chi connectivity index (χ2v) is 4.73. The molecule has 0 radical (unpaired) electrons. The highest BCUT2D eigenvalue weighted by Gasteiger charge is 2.37. The van der Waals surface area contributed by atoms with Crippen LogP contribution in [-0.4, -0.2) is 26.8 Å². The van der Waals surface area contributed by atoms with Crippen LogP contribution in [0, 0.1) is 5.92 Å². The van der Waals surface area contributed by atoms with Crippen LogP contribution in [-0.2, 0) is 0 Å². The molecule has 1 saturated carbocycles. The number of nitrogens with zero attached hydrogens (tertiary/aromatic N) is 2.